The van der Waals surface area contributed by atoms with Crippen LogP contribution in [0.15, 0.2) is 186 Å². The Balaban J connectivity index is 1.12. The minimum absolute atomic E-state index is 0.879. The third-order valence-electron chi connectivity index (χ3n) is 9.59. The van der Waals surface area contributed by atoms with Gasteiger partial charge in [-0.15, -0.1) is 11.3 Å². The zero-order valence-corrected chi connectivity index (χ0v) is 27.8. The molecule has 0 bridgehead atoms. The number of anilines is 6. The van der Waals surface area contributed by atoms with Crippen molar-refractivity contribution in [3.8, 4) is 0 Å². The van der Waals surface area contributed by atoms with Crippen LogP contribution in [-0.4, -0.2) is 0 Å². The number of para-hydroxylation sites is 3. The lowest BCUT2D eigenvalue weighted by Gasteiger charge is -2.27. The number of fused-ring (bicyclic) bond motifs is 7. The second kappa shape index (κ2) is 11.7. The van der Waals surface area contributed by atoms with Gasteiger partial charge in [0, 0.05) is 71.1 Å². The predicted octanol–water partition coefficient (Wildman–Crippen LogP) is 14.0. The molecule has 2 heterocycles. The van der Waals surface area contributed by atoms with Gasteiger partial charge in [0.2, 0.25) is 0 Å². The summed E-state index contributed by atoms with van der Waals surface area (Å²) in [6, 6.07) is 65.0. The van der Waals surface area contributed by atoms with E-state index in [1.807, 2.05) is 23.5 Å². The Morgan fingerprint density at radius 2 is 0.800 bits per heavy atom. The number of hydrogen-bond donors (Lipinski definition) is 0. The number of hydrogen-bond acceptors (Lipinski definition) is 4. The maximum absolute atomic E-state index is 6.37. The van der Waals surface area contributed by atoms with Crippen molar-refractivity contribution in [3.63, 3.8) is 0 Å². The summed E-state index contributed by atoms with van der Waals surface area (Å²) in [6.45, 7) is 0. The van der Waals surface area contributed by atoms with Crippen LogP contribution in [-0.2, 0) is 0 Å². The molecule has 8 aromatic carbocycles. The Kier molecular flexibility index (Phi) is 6.68. The van der Waals surface area contributed by atoms with Crippen LogP contribution in [0.4, 0.5) is 34.1 Å². The highest BCUT2D eigenvalue weighted by Crippen LogP contribution is 2.43. The topological polar surface area (TPSA) is 19.6 Å². The highest BCUT2D eigenvalue weighted by atomic mass is 32.1. The Labute approximate surface area is 293 Å². The number of benzene rings is 8. The van der Waals surface area contributed by atoms with Gasteiger partial charge in [-0.3, -0.25) is 0 Å². The van der Waals surface area contributed by atoms with Gasteiger partial charge in [-0.05, 0) is 95.7 Å². The summed E-state index contributed by atoms with van der Waals surface area (Å²) in [6.07, 6.45) is 0. The van der Waals surface area contributed by atoms with Gasteiger partial charge in [-0.1, -0.05) is 91.0 Å². The maximum atomic E-state index is 6.37. The third kappa shape index (κ3) is 4.80. The fourth-order valence-electron chi connectivity index (χ4n) is 7.25. The molecule has 0 spiro atoms. The smallest absolute Gasteiger partial charge is 0.137 e. The molecular formula is C46H30N2OS. The molecule has 2 aromatic heterocycles. The van der Waals surface area contributed by atoms with E-state index < -0.39 is 0 Å². The quantitative estimate of drug-likeness (QED) is 0.177. The first-order valence-electron chi connectivity index (χ1n) is 16.8. The molecule has 0 aliphatic heterocycles. The molecule has 3 nitrogen and oxygen atoms in total. The molecule has 4 heteroatoms. The molecule has 236 valence electrons. The number of furan rings is 1. The average Bonchev–Trinajstić information content (AvgIpc) is 3.73. The Morgan fingerprint density at radius 3 is 1.50 bits per heavy atom. The van der Waals surface area contributed by atoms with Crippen LogP contribution in [0.1, 0.15) is 0 Å². The number of nitrogens with zero attached hydrogens (tertiary/aromatic N) is 2. The molecule has 50 heavy (non-hydrogen) atoms. The lowest BCUT2D eigenvalue weighted by Crippen LogP contribution is -2.10. The monoisotopic (exact) mass is 658 g/mol. The van der Waals surface area contributed by atoms with Gasteiger partial charge in [-0.25, -0.2) is 0 Å². The lowest BCUT2D eigenvalue weighted by molar-refractivity contribution is 0.669. The van der Waals surface area contributed by atoms with Crippen molar-refractivity contribution in [1.29, 1.82) is 0 Å². The summed E-state index contributed by atoms with van der Waals surface area (Å²) in [5.41, 5.74) is 8.39. The van der Waals surface area contributed by atoms with Gasteiger partial charge < -0.3 is 14.2 Å². The van der Waals surface area contributed by atoms with Crippen molar-refractivity contribution < 1.29 is 4.42 Å². The molecule has 0 amide bonds. The molecule has 0 radical (unpaired) electrons. The van der Waals surface area contributed by atoms with E-state index in [2.05, 4.69) is 180 Å². The first kappa shape index (κ1) is 28.6. The normalized spacial score (nSPS) is 11.6. The van der Waals surface area contributed by atoms with Crippen molar-refractivity contribution in [2.45, 2.75) is 0 Å². The summed E-state index contributed by atoms with van der Waals surface area (Å²) in [5.74, 6) is 0. The molecule has 0 saturated carbocycles. The summed E-state index contributed by atoms with van der Waals surface area (Å²) in [5, 5.41) is 7.19. The Morgan fingerprint density at radius 1 is 0.320 bits per heavy atom. The lowest BCUT2D eigenvalue weighted by atomic mass is 10.1. The third-order valence-corrected chi connectivity index (χ3v) is 10.7. The van der Waals surface area contributed by atoms with Crippen molar-refractivity contribution in [2.24, 2.45) is 0 Å². The van der Waals surface area contributed by atoms with E-state index in [4.69, 9.17) is 4.42 Å². The average molecular weight is 659 g/mol. The van der Waals surface area contributed by atoms with Gasteiger partial charge in [0.1, 0.15) is 11.2 Å². The van der Waals surface area contributed by atoms with E-state index in [-0.39, 0.29) is 0 Å². The number of rotatable bonds is 6. The highest BCUT2D eigenvalue weighted by Gasteiger charge is 2.18. The standard InChI is InChI=1S/C46H30N2OS/c1-3-11-33(12-4-1)47(34-13-5-2-6-14-34)35-21-19-32-28-36(22-20-31(32)27-35)48(37-23-25-40-39-15-7-9-17-43(39)49-44(40)29-37)38-24-26-42-41-16-8-10-18-45(41)50-46(42)30-38/h1-30H. The molecule has 0 N–H and O–H groups in total. The molecule has 10 rings (SSSR count). The van der Waals surface area contributed by atoms with Crippen LogP contribution >= 0.6 is 11.3 Å². The van der Waals surface area contributed by atoms with Crippen molar-refractivity contribution in [1.82, 2.24) is 0 Å². The van der Waals surface area contributed by atoms with Crippen LogP contribution in [0.3, 0.4) is 0 Å². The Bertz CT molecular complexity index is 2680. The molecule has 0 unspecified atom stereocenters. The fourth-order valence-corrected chi connectivity index (χ4v) is 8.39. The van der Waals surface area contributed by atoms with Gasteiger partial charge in [-0.2, -0.15) is 0 Å². The van der Waals surface area contributed by atoms with Gasteiger partial charge >= 0.3 is 0 Å². The fraction of sp³-hybridized carbons (Fsp3) is 0. The first-order valence-corrected chi connectivity index (χ1v) is 17.7. The molecule has 10 aromatic rings. The van der Waals surface area contributed by atoms with Gasteiger partial charge in [0.05, 0.1) is 0 Å². The van der Waals surface area contributed by atoms with Crippen LogP contribution in [0.25, 0.3) is 52.9 Å². The van der Waals surface area contributed by atoms with Gasteiger partial charge in [0.25, 0.3) is 0 Å². The van der Waals surface area contributed by atoms with Crippen LogP contribution < -0.4 is 9.80 Å². The summed E-state index contributed by atoms with van der Waals surface area (Å²) in [4.78, 5) is 4.66. The zero-order chi connectivity index (χ0) is 33.0. The zero-order valence-electron chi connectivity index (χ0n) is 27.0. The van der Waals surface area contributed by atoms with E-state index in [1.54, 1.807) is 0 Å². The molecule has 0 saturated heterocycles. The predicted molar refractivity (Wildman–Crippen MR) is 213 cm³/mol. The molecular weight excluding hydrogens is 629 g/mol. The summed E-state index contributed by atoms with van der Waals surface area (Å²) < 4.78 is 8.95. The van der Waals surface area contributed by atoms with Crippen molar-refractivity contribution >= 4 is 98.3 Å². The Hall–Kier alpha value is -6.36. The SMILES string of the molecule is c1ccc(N(c2ccccc2)c2ccc3cc(N(c4ccc5c(c4)oc4ccccc45)c4ccc5c(c4)sc4ccccc45)ccc3c2)cc1. The number of thiophene rings is 1. The molecule has 0 aliphatic carbocycles. The summed E-state index contributed by atoms with van der Waals surface area (Å²) in [7, 11) is 0. The minimum atomic E-state index is 0.879. The molecule has 0 fully saturated rings. The van der Waals surface area contributed by atoms with E-state index in [1.165, 1.54) is 30.9 Å². The van der Waals surface area contributed by atoms with E-state index in [9.17, 15) is 0 Å². The first-order chi connectivity index (χ1) is 24.8. The second-order valence-electron chi connectivity index (χ2n) is 12.6. The minimum Gasteiger partial charge on any atom is -0.456 e. The van der Waals surface area contributed by atoms with Crippen molar-refractivity contribution in [3.05, 3.63) is 182 Å². The van der Waals surface area contributed by atoms with Crippen LogP contribution in [0.5, 0.6) is 0 Å². The van der Waals surface area contributed by atoms with Crippen molar-refractivity contribution in [2.75, 3.05) is 9.80 Å². The maximum Gasteiger partial charge on any atom is 0.137 e. The van der Waals surface area contributed by atoms with E-state index in [0.717, 1.165) is 56.1 Å². The summed E-state index contributed by atoms with van der Waals surface area (Å²) >= 11 is 1.84. The van der Waals surface area contributed by atoms with Gasteiger partial charge in [0.15, 0.2) is 0 Å². The molecule has 0 aliphatic rings. The van der Waals surface area contributed by atoms with E-state index in [0.29, 0.717) is 0 Å². The molecule has 0 atom stereocenters. The highest BCUT2D eigenvalue weighted by molar-refractivity contribution is 7.25. The van der Waals surface area contributed by atoms with Crippen LogP contribution in [0.2, 0.25) is 0 Å². The van der Waals surface area contributed by atoms with Crippen LogP contribution in [0, 0.1) is 0 Å². The van der Waals surface area contributed by atoms with E-state index >= 15 is 0 Å². The largest absolute Gasteiger partial charge is 0.456 e. The second-order valence-corrected chi connectivity index (χ2v) is 13.7.